The van der Waals surface area contributed by atoms with Gasteiger partial charge in [0.25, 0.3) is 0 Å². The van der Waals surface area contributed by atoms with Crippen LogP contribution in [-0.2, 0) is 16.6 Å². The van der Waals surface area contributed by atoms with E-state index in [0.717, 1.165) is 53.3 Å². The van der Waals surface area contributed by atoms with Gasteiger partial charge in [-0.05, 0) is 47.8 Å². The summed E-state index contributed by atoms with van der Waals surface area (Å²) in [4.78, 5) is 5.01. The fourth-order valence-electron chi connectivity index (χ4n) is 5.14. The zero-order chi connectivity index (χ0) is 25.8. The second kappa shape index (κ2) is 11.3. The molecule has 2 heterocycles. The molecule has 2 N–H and O–H groups in total. The smallest absolute Gasteiger partial charge is 0.106 e. The summed E-state index contributed by atoms with van der Waals surface area (Å²) in [6.07, 6.45) is 0.270. The molecule has 2 aliphatic rings. The number of aromatic nitrogens is 1. The van der Waals surface area contributed by atoms with Crippen molar-refractivity contribution in [1.29, 1.82) is 0 Å². The van der Waals surface area contributed by atoms with E-state index in [1.54, 1.807) is 0 Å². The Morgan fingerprint density at radius 3 is 2.03 bits per heavy atom. The molecule has 34 heavy (non-hydrogen) atoms. The summed E-state index contributed by atoms with van der Waals surface area (Å²) in [5, 5.41) is 22.3. The first-order valence-electron chi connectivity index (χ1n) is 13.1. The lowest BCUT2D eigenvalue weighted by Gasteiger charge is -2.38. The largest absolute Gasteiger partial charge is 0.388 e. The number of pyridine rings is 1. The van der Waals surface area contributed by atoms with E-state index in [-0.39, 0.29) is 16.7 Å². The fourth-order valence-corrected chi connectivity index (χ4v) is 5.14. The molecule has 0 radical (unpaired) electrons. The van der Waals surface area contributed by atoms with Crippen LogP contribution < -0.4 is 0 Å². The van der Waals surface area contributed by atoms with Crippen LogP contribution in [0.5, 0.6) is 0 Å². The Bertz CT molecular complexity index is 943. The maximum absolute atomic E-state index is 11.4. The van der Waals surface area contributed by atoms with Crippen molar-refractivity contribution in [3.63, 3.8) is 0 Å². The Morgan fingerprint density at radius 2 is 1.56 bits per heavy atom. The first-order valence-corrected chi connectivity index (χ1v) is 13.1. The average Bonchev–Trinajstić information content (AvgIpc) is 2.78. The van der Waals surface area contributed by atoms with E-state index < -0.39 is 12.2 Å². The van der Waals surface area contributed by atoms with Crippen molar-refractivity contribution >= 4 is 0 Å². The molecule has 2 atom stereocenters. The van der Waals surface area contributed by atoms with E-state index in [1.807, 2.05) is 46.8 Å². The quantitative estimate of drug-likeness (QED) is 0.509. The third-order valence-electron chi connectivity index (χ3n) is 6.96. The van der Waals surface area contributed by atoms with Gasteiger partial charge in [0.2, 0.25) is 0 Å². The van der Waals surface area contributed by atoms with Crippen LogP contribution in [0.15, 0.2) is 24.3 Å². The molecule has 2 unspecified atom stereocenters. The van der Waals surface area contributed by atoms with Gasteiger partial charge in [0.15, 0.2) is 0 Å². The SMILES string of the molecule is CC.CC.Cc1c2c(nc(C(C)C)c1C(O)c1ccc(C3(C)COC3)cc1)CC(C)(C)CC2O. The van der Waals surface area contributed by atoms with Crippen molar-refractivity contribution in [3.05, 3.63) is 63.5 Å². The van der Waals surface area contributed by atoms with Crippen LogP contribution >= 0.6 is 0 Å². The molecule has 1 fully saturated rings. The molecule has 190 valence electrons. The molecule has 1 saturated heterocycles. The highest BCUT2D eigenvalue weighted by Crippen LogP contribution is 2.45. The topological polar surface area (TPSA) is 62.6 Å². The molecule has 4 heteroatoms. The van der Waals surface area contributed by atoms with E-state index in [9.17, 15) is 10.2 Å². The Kier molecular flexibility index (Phi) is 9.49. The van der Waals surface area contributed by atoms with Crippen molar-refractivity contribution in [2.45, 2.75) is 106 Å². The molecular weight excluding hydrogens is 422 g/mol. The second-order valence-electron chi connectivity index (χ2n) is 10.7. The number of hydrogen-bond acceptors (Lipinski definition) is 4. The summed E-state index contributed by atoms with van der Waals surface area (Å²) >= 11 is 0. The summed E-state index contributed by atoms with van der Waals surface area (Å²) in [5.41, 5.74) is 6.90. The minimum absolute atomic E-state index is 0.0252. The predicted octanol–water partition coefficient (Wildman–Crippen LogP) is 6.94. The van der Waals surface area contributed by atoms with Crippen molar-refractivity contribution in [1.82, 2.24) is 4.98 Å². The van der Waals surface area contributed by atoms with Crippen LogP contribution in [0.3, 0.4) is 0 Å². The molecule has 0 spiro atoms. The minimum atomic E-state index is -0.762. The average molecular weight is 470 g/mol. The summed E-state index contributed by atoms with van der Waals surface area (Å²) in [6, 6.07) is 8.25. The molecule has 4 rings (SSSR count). The Balaban J connectivity index is 0.000000970. The number of fused-ring (bicyclic) bond motifs is 1. The standard InChI is InChI=1S/C26H35NO3.2C2H6/c1-15(2)23-22(16(3)21-19(27-23)11-25(4,5)12-20(21)28)24(29)17-7-9-18(10-8-17)26(6)13-30-14-26;2*1-2/h7-10,15,20,24,28-29H,11-14H2,1-6H3;2*1-2H3. The van der Waals surface area contributed by atoms with Gasteiger partial charge in [0.1, 0.15) is 6.10 Å². The normalized spacial score (nSPS) is 20.7. The number of benzene rings is 1. The van der Waals surface area contributed by atoms with E-state index >= 15 is 0 Å². The van der Waals surface area contributed by atoms with Gasteiger partial charge in [-0.3, -0.25) is 4.98 Å². The molecule has 2 aromatic rings. The summed E-state index contributed by atoms with van der Waals surface area (Å²) in [7, 11) is 0. The number of rotatable bonds is 4. The monoisotopic (exact) mass is 469 g/mol. The van der Waals surface area contributed by atoms with Gasteiger partial charge in [0.05, 0.1) is 19.3 Å². The van der Waals surface area contributed by atoms with Gasteiger partial charge in [-0.1, -0.05) is 86.6 Å². The third kappa shape index (κ3) is 5.56. The fraction of sp³-hybridized carbons (Fsp3) is 0.633. The number of aliphatic hydroxyl groups excluding tert-OH is 2. The van der Waals surface area contributed by atoms with E-state index in [2.05, 4.69) is 46.8 Å². The first kappa shape index (κ1) is 28.5. The highest BCUT2D eigenvalue weighted by atomic mass is 16.5. The molecule has 0 saturated carbocycles. The van der Waals surface area contributed by atoms with Gasteiger partial charge in [0, 0.05) is 27.9 Å². The van der Waals surface area contributed by atoms with Gasteiger partial charge in [-0.15, -0.1) is 0 Å². The van der Waals surface area contributed by atoms with Crippen molar-refractivity contribution in [2.75, 3.05) is 13.2 Å². The summed E-state index contributed by atoms with van der Waals surface area (Å²) < 4.78 is 5.39. The molecule has 1 aliphatic heterocycles. The Hall–Kier alpha value is -1.75. The van der Waals surface area contributed by atoms with Crippen molar-refractivity contribution in [2.24, 2.45) is 5.41 Å². The van der Waals surface area contributed by atoms with Gasteiger partial charge in [-0.25, -0.2) is 0 Å². The van der Waals surface area contributed by atoms with Crippen LogP contribution in [0.25, 0.3) is 0 Å². The zero-order valence-corrected chi connectivity index (χ0v) is 23.1. The van der Waals surface area contributed by atoms with Crippen LogP contribution in [0.2, 0.25) is 0 Å². The number of ether oxygens (including phenoxy) is 1. The van der Waals surface area contributed by atoms with Gasteiger partial charge >= 0.3 is 0 Å². The van der Waals surface area contributed by atoms with Crippen LogP contribution in [0, 0.1) is 12.3 Å². The molecule has 0 bridgehead atoms. The lowest BCUT2D eigenvalue weighted by Crippen LogP contribution is -2.43. The lowest BCUT2D eigenvalue weighted by molar-refractivity contribution is -0.0500. The van der Waals surface area contributed by atoms with Crippen LogP contribution in [0.1, 0.15) is 126 Å². The van der Waals surface area contributed by atoms with Gasteiger partial charge < -0.3 is 14.9 Å². The van der Waals surface area contributed by atoms with Crippen LogP contribution in [-0.4, -0.2) is 28.4 Å². The molecule has 1 aromatic carbocycles. The minimum Gasteiger partial charge on any atom is -0.388 e. The van der Waals surface area contributed by atoms with Crippen molar-refractivity contribution < 1.29 is 14.9 Å². The number of aliphatic hydroxyl groups is 2. The number of nitrogens with zero attached hydrogens (tertiary/aromatic N) is 1. The highest BCUT2D eigenvalue weighted by Gasteiger charge is 2.37. The Morgan fingerprint density at radius 1 is 1.00 bits per heavy atom. The second-order valence-corrected chi connectivity index (χ2v) is 10.7. The maximum Gasteiger partial charge on any atom is 0.106 e. The first-order chi connectivity index (χ1) is 16.0. The third-order valence-corrected chi connectivity index (χ3v) is 6.96. The zero-order valence-electron chi connectivity index (χ0n) is 23.1. The number of hydrogen-bond donors (Lipinski definition) is 2. The lowest BCUT2D eigenvalue weighted by atomic mass is 9.72. The Labute approximate surface area is 207 Å². The van der Waals surface area contributed by atoms with Crippen molar-refractivity contribution in [3.8, 4) is 0 Å². The van der Waals surface area contributed by atoms with Crippen LogP contribution in [0.4, 0.5) is 0 Å². The maximum atomic E-state index is 11.4. The molecule has 0 amide bonds. The molecule has 1 aromatic heterocycles. The predicted molar refractivity (Wildman–Crippen MR) is 141 cm³/mol. The van der Waals surface area contributed by atoms with E-state index in [1.165, 1.54) is 5.56 Å². The molecular formula is C30H47NO3. The highest BCUT2D eigenvalue weighted by molar-refractivity contribution is 5.48. The summed E-state index contributed by atoms with van der Waals surface area (Å²) in [5.74, 6) is 0.186. The molecule has 1 aliphatic carbocycles. The van der Waals surface area contributed by atoms with E-state index in [0.29, 0.717) is 6.42 Å². The van der Waals surface area contributed by atoms with E-state index in [4.69, 9.17) is 9.72 Å². The van der Waals surface area contributed by atoms with Gasteiger partial charge in [-0.2, -0.15) is 0 Å². The summed E-state index contributed by atoms with van der Waals surface area (Å²) in [6.45, 7) is 22.3. The molecule has 4 nitrogen and oxygen atoms in total.